The third kappa shape index (κ3) is 4.79. The van der Waals surface area contributed by atoms with Crippen LogP contribution in [0.1, 0.15) is 30.9 Å². The van der Waals surface area contributed by atoms with Gasteiger partial charge in [0.1, 0.15) is 5.82 Å². The minimum atomic E-state index is -0.421. The predicted molar refractivity (Wildman–Crippen MR) is 79.0 cm³/mol. The number of likely N-dealkylation sites (tertiary alicyclic amines) is 1. The van der Waals surface area contributed by atoms with Gasteiger partial charge in [0.15, 0.2) is 0 Å². The summed E-state index contributed by atoms with van der Waals surface area (Å²) in [4.78, 5) is 14.1. The van der Waals surface area contributed by atoms with Crippen LogP contribution in [0.15, 0.2) is 18.2 Å². The molecule has 1 fully saturated rings. The zero-order valence-electron chi connectivity index (χ0n) is 12.4. The SMILES string of the molecule is CC1CCN(CC(=O)NCc2ccc(F)c(CO)c2)CC1. The molecule has 0 saturated carbocycles. The van der Waals surface area contributed by atoms with Gasteiger partial charge in [0, 0.05) is 12.1 Å². The van der Waals surface area contributed by atoms with Crippen molar-refractivity contribution < 1.29 is 14.3 Å². The molecule has 1 saturated heterocycles. The average molecular weight is 294 g/mol. The Morgan fingerprint density at radius 2 is 2.14 bits per heavy atom. The van der Waals surface area contributed by atoms with E-state index < -0.39 is 5.82 Å². The molecule has 1 aliphatic rings. The number of nitrogens with one attached hydrogen (secondary N) is 1. The summed E-state index contributed by atoms with van der Waals surface area (Å²) in [5.41, 5.74) is 1.05. The van der Waals surface area contributed by atoms with Crippen molar-refractivity contribution in [2.75, 3.05) is 19.6 Å². The molecule has 1 heterocycles. The number of aliphatic hydroxyl groups is 1. The fourth-order valence-corrected chi connectivity index (χ4v) is 2.54. The number of amides is 1. The molecule has 116 valence electrons. The van der Waals surface area contributed by atoms with Crippen molar-refractivity contribution in [3.63, 3.8) is 0 Å². The summed E-state index contributed by atoms with van der Waals surface area (Å²) in [5, 5.41) is 11.9. The molecule has 0 spiro atoms. The number of carbonyl (C=O) groups excluding carboxylic acids is 1. The van der Waals surface area contributed by atoms with Crippen LogP contribution in [0.3, 0.4) is 0 Å². The van der Waals surface area contributed by atoms with E-state index in [1.807, 2.05) is 0 Å². The van der Waals surface area contributed by atoms with Crippen LogP contribution in [0, 0.1) is 11.7 Å². The summed E-state index contributed by atoms with van der Waals surface area (Å²) in [6.07, 6.45) is 2.29. The summed E-state index contributed by atoms with van der Waals surface area (Å²) in [6.45, 7) is 4.63. The van der Waals surface area contributed by atoms with Crippen molar-refractivity contribution in [3.8, 4) is 0 Å². The Morgan fingerprint density at radius 3 is 2.81 bits per heavy atom. The van der Waals surface area contributed by atoms with Gasteiger partial charge in [-0.25, -0.2) is 4.39 Å². The van der Waals surface area contributed by atoms with E-state index in [0.717, 1.165) is 37.4 Å². The van der Waals surface area contributed by atoms with Crippen molar-refractivity contribution in [3.05, 3.63) is 35.1 Å². The van der Waals surface area contributed by atoms with Gasteiger partial charge in [-0.3, -0.25) is 9.69 Å². The third-order valence-corrected chi connectivity index (χ3v) is 4.01. The Balaban J connectivity index is 1.78. The number of piperidine rings is 1. The summed E-state index contributed by atoms with van der Waals surface area (Å²) in [6, 6.07) is 4.52. The van der Waals surface area contributed by atoms with E-state index in [2.05, 4.69) is 17.1 Å². The van der Waals surface area contributed by atoms with Gasteiger partial charge >= 0.3 is 0 Å². The summed E-state index contributed by atoms with van der Waals surface area (Å²) in [5.74, 6) is 0.315. The van der Waals surface area contributed by atoms with Crippen LogP contribution in [-0.2, 0) is 17.9 Å². The smallest absolute Gasteiger partial charge is 0.234 e. The summed E-state index contributed by atoms with van der Waals surface area (Å²) < 4.78 is 13.3. The fraction of sp³-hybridized carbons (Fsp3) is 0.562. The molecular formula is C16H23FN2O2. The highest BCUT2D eigenvalue weighted by atomic mass is 19.1. The molecule has 5 heteroatoms. The molecule has 0 bridgehead atoms. The summed E-state index contributed by atoms with van der Waals surface area (Å²) >= 11 is 0. The molecule has 0 aromatic heterocycles. The maximum atomic E-state index is 13.3. The second-order valence-electron chi connectivity index (χ2n) is 5.82. The van der Waals surface area contributed by atoms with Gasteiger partial charge in [-0.1, -0.05) is 13.0 Å². The van der Waals surface area contributed by atoms with Crippen molar-refractivity contribution in [2.45, 2.75) is 32.9 Å². The van der Waals surface area contributed by atoms with Crippen LogP contribution in [-0.4, -0.2) is 35.5 Å². The lowest BCUT2D eigenvalue weighted by Gasteiger charge is -2.29. The largest absolute Gasteiger partial charge is 0.392 e. The third-order valence-electron chi connectivity index (χ3n) is 4.01. The second kappa shape index (κ2) is 7.52. The highest BCUT2D eigenvalue weighted by Gasteiger charge is 2.17. The van der Waals surface area contributed by atoms with Crippen LogP contribution >= 0.6 is 0 Å². The van der Waals surface area contributed by atoms with E-state index >= 15 is 0 Å². The molecule has 1 aliphatic heterocycles. The van der Waals surface area contributed by atoms with E-state index in [-0.39, 0.29) is 18.1 Å². The van der Waals surface area contributed by atoms with Gasteiger partial charge in [0.2, 0.25) is 5.91 Å². The number of hydrogen-bond donors (Lipinski definition) is 2. The molecular weight excluding hydrogens is 271 g/mol. The number of benzene rings is 1. The monoisotopic (exact) mass is 294 g/mol. The topological polar surface area (TPSA) is 52.6 Å². The van der Waals surface area contributed by atoms with Gasteiger partial charge in [0.05, 0.1) is 13.2 Å². The molecule has 1 amide bonds. The normalized spacial score (nSPS) is 16.9. The lowest BCUT2D eigenvalue weighted by Crippen LogP contribution is -2.41. The number of carbonyl (C=O) groups is 1. The molecule has 0 unspecified atom stereocenters. The molecule has 1 aromatic carbocycles. The Hall–Kier alpha value is -1.46. The maximum absolute atomic E-state index is 13.3. The zero-order valence-corrected chi connectivity index (χ0v) is 12.4. The van der Waals surface area contributed by atoms with E-state index in [0.29, 0.717) is 13.1 Å². The molecule has 0 atom stereocenters. The highest BCUT2D eigenvalue weighted by molar-refractivity contribution is 5.78. The lowest BCUT2D eigenvalue weighted by atomic mass is 9.99. The number of rotatable bonds is 5. The van der Waals surface area contributed by atoms with Crippen LogP contribution in [0.25, 0.3) is 0 Å². The summed E-state index contributed by atoms with van der Waals surface area (Å²) in [7, 11) is 0. The highest BCUT2D eigenvalue weighted by Crippen LogP contribution is 2.15. The zero-order chi connectivity index (χ0) is 15.2. The number of nitrogens with zero attached hydrogens (tertiary/aromatic N) is 1. The van der Waals surface area contributed by atoms with Gasteiger partial charge in [-0.15, -0.1) is 0 Å². The molecule has 2 N–H and O–H groups in total. The molecule has 2 rings (SSSR count). The van der Waals surface area contributed by atoms with E-state index in [9.17, 15) is 9.18 Å². The molecule has 0 radical (unpaired) electrons. The predicted octanol–water partition coefficient (Wildman–Crippen LogP) is 1.67. The Labute approximate surface area is 125 Å². The Morgan fingerprint density at radius 1 is 1.43 bits per heavy atom. The first kappa shape index (κ1) is 15.9. The quantitative estimate of drug-likeness (QED) is 0.868. The van der Waals surface area contributed by atoms with Crippen molar-refractivity contribution in [2.24, 2.45) is 5.92 Å². The fourth-order valence-electron chi connectivity index (χ4n) is 2.54. The Bertz CT molecular complexity index is 485. The first-order chi connectivity index (χ1) is 10.1. The van der Waals surface area contributed by atoms with Crippen LogP contribution < -0.4 is 5.32 Å². The van der Waals surface area contributed by atoms with Gasteiger partial charge in [-0.2, -0.15) is 0 Å². The standard InChI is InChI=1S/C16H23FN2O2/c1-12-4-6-19(7-5-12)10-16(21)18-9-13-2-3-15(17)14(8-13)11-20/h2-3,8,12,20H,4-7,9-11H2,1H3,(H,18,21). The number of halogens is 1. The van der Waals surface area contributed by atoms with Crippen LogP contribution in [0.4, 0.5) is 4.39 Å². The van der Waals surface area contributed by atoms with E-state index in [1.165, 1.54) is 6.07 Å². The molecule has 4 nitrogen and oxygen atoms in total. The van der Waals surface area contributed by atoms with Crippen LogP contribution in [0.2, 0.25) is 0 Å². The van der Waals surface area contributed by atoms with E-state index in [4.69, 9.17) is 5.11 Å². The van der Waals surface area contributed by atoms with Gasteiger partial charge < -0.3 is 10.4 Å². The number of hydrogen-bond acceptors (Lipinski definition) is 3. The average Bonchev–Trinajstić information content (AvgIpc) is 2.49. The maximum Gasteiger partial charge on any atom is 0.234 e. The van der Waals surface area contributed by atoms with Gasteiger partial charge in [0.25, 0.3) is 0 Å². The first-order valence-electron chi connectivity index (χ1n) is 7.45. The molecule has 21 heavy (non-hydrogen) atoms. The lowest BCUT2D eigenvalue weighted by molar-refractivity contribution is -0.122. The molecule has 1 aromatic rings. The van der Waals surface area contributed by atoms with Crippen molar-refractivity contribution in [1.29, 1.82) is 0 Å². The van der Waals surface area contributed by atoms with Crippen molar-refractivity contribution in [1.82, 2.24) is 10.2 Å². The minimum absolute atomic E-state index is 0.0144. The first-order valence-corrected chi connectivity index (χ1v) is 7.45. The molecule has 0 aliphatic carbocycles. The number of aliphatic hydroxyl groups excluding tert-OH is 1. The van der Waals surface area contributed by atoms with Crippen LogP contribution in [0.5, 0.6) is 0 Å². The minimum Gasteiger partial charge on any atom is -0.392 e. The second-order valence-corrected chi connectivity index (χ2v) is 5.82. The Kier molecular flexibility index (Phi) is 5.70. The van der Waals surface area contributed by atoms with Gasteiger partial charge in [-0.05, 0) is 49.5 Å². The van der Waals surface area contributed by atoms with E-state index in [1.54, 1.807) is 12.1 Å². The van der Waals surface area contributed by atoms with Crippen molar-refractivity contribution >= 4 is 5.91 Å².